The van der Waals surface area contributed by atoms with E-state index in [0.717, 1.165) is 36.4 Å². The number of nitrogens with zero attached hydrogens (tertiary/aromatic N) is 1. The van der Waals surface area contributed by atoms with Gasteiger partial charge in [0.05, 0.1) is 11.7 Å². The van der Waals surface area contributed by atoms with E-state index in [1.54, 1.807) is 6.07 Å². The standard InChI is InChI=1S/C13H16FN3/c14-10-4-3-9-2-1-7-17-8-11(16-6-5-15)12(10)13(9)17/h1-4,11,16H,5-8,15H2/t11-/m0/s1. The lowest BCUT2D eigenvalue weighted by atomic mass is 10.0. The van der Waals surface area contributed by atoms with Crippen molar-refractivity contribution >= 4 is 11.8 Å². The average molecular weight is 233 g/mol. The molecule has 0 saturated carbocycles. The number of nitrogens with two attached hydrogens (primary N) is 1. The monoisotopic (exact) mass is 233 g/mol. The lowest BCUT2D eigenvalue weighted by Gasteiger charge is -2.22. The molecular weight excluding hydrogens is 217 g/mol. The van der Waals surface area contributed by atoms with Crippen LogP contribution in [-0.2, 0) is 0 Å². The smallest absolute Gasteiger partial charge is 0.130 e. The first-order valence-electron chi connectivity index (χ1n) is 5.98. The molecular formula is C13H16FN3. The number of hydrogen-bond acceptors (Lipinski definition) is 3. The summed E-state index contributed by atoms with van der Waals surface area (Å²) in [5, 5.41) is 3.31. The zero-order chi connectivity index (χ0) is 11.8. The minimum absolute atomic E-state index is 0.0633. The summed E-state index contributed by atoms with van der Waals surface area (Å²) >= 11 is 0. The molecule has 0 spiro atoms. The summed E-state index contributed by atoms with van der Waals surface area (Å²) in [6.45, 7) is 2.98. The second-order valence-corrected chi connectivity index (χ2v) is 4.50. The highest BCUT2D eigenvalue weighted by molar-refractivity contribution is 5.77. The predicted molar refractivity (Wildman–Crippen MR) is 67.4 cm³/mol. The number of rotatable bonds is 3. The predicted octanol–water partition coefficient (Wildman–Crippen LogP) is 1.26. The summed E-state index contributed by atoms with van der Waals surface area (Å²) in [6.07, 6.45) is 4.19. The van der Waals surface area contributed by atoms with Gasteiger partial charge in [-0.15, -0.1) is 0 Å². The first kappa shape index (κ1) is 10.7. The molecule has 0 aromatic heterocycles. The second-order valence-electron chi connectivity index (χ2n) is 4.50. The summed E-state index contributed by atoms with van der Waals surface area (Å²) in [7, 11) is 0. The Kier molecular flexibility index (Phi) is 2.61. The summed E-state index contributed by atoms with van der Waals surface area (Å²) in [6, 6.07) is 3.47. The van der Waals surface area contributed by atoms with E-state index >= 15 is 0 Å². The molecule has 0 unspecified atom stereocenters. The maximum atomic E-state index is 14.0. The maximum absolute atomic E-state index is 14.0. The first-order chi connectivity index (χ1) is 8.31. The molecule has 0 saturated heterocycles. The van der Waals surface area contributed by atoms with Crippen LogP contribution in [0.3, 0.4) is 0 Å². The van der Waals surface area contributed by atoms with Gasteiger partial charge in [0.25, 0.3) is 0 Å². The summed E-state index contributed by atoms with van der Waals surface area (Å²) in [5.74, 6) is -0.115. The Balaban J connectivity index is 2.03. The van der Waals surface area contributed by atoms with E-state index in [0.29, 0.717) is 6.54 Å². The van der Waals surface area contributed by atoms with Crippen molar-refractivity contribution < 1.29 is 4.39 Å². The van der Waals surface area contributed by atoms with E-state index in [-0.39, 0.29) is 11.9 Å². The third kappa shape index (κ3) is 1.64. The van der Waals surface area contributed by atoms with Crippen LogP contribution in [0.25, 0.3) is 6.08 Å². The molecule has 2 heterocycles. The van der Waals surface area contributed by atoms with Crippen molar-refractivity contribution in [1.82, 2.24) is 5.32 Å². The van der Waals surface area contributed by atoms with E-state index < -0.39 is 0 Å². The number of benzene rings is 1. The highest BCUT2D eigenvalue weighted by atomic mass is 19.1. The van der Waals surface area contributed by atoms with E-state index in [2.05, 4.69) is 22.4 Å². The Bertz CT molecular complexity index is 470. The first-order valence-corrected chi connectivity index (χ1v) is 5.98. The average Bonchev–Trinajstić information content (AvgIpc) is 2.72. The van der Waals surface area contributed by atoms with Crippen molar-refractivity contribution in [3.8, 4) is 0 Å². The normalized spacial score (nSPS) is 20.8. The van der Waals surface area contributed by atoms with E-state index in [9.17, 15) is 4.39 Å². The van der Waals surface area contributed by atoms with Crippen LogP contribution in [-0.4, -0.2) is 26.2 Å². The van der Waals surface area contributed by atoms with Crippen molar-refractivity contribution in [1.29, 1.82) is 0 Å². The molecule has 0 amide bonds. The van der Waals surface area contributed by atoms with Crippen LogP contribution in [0.1, 0.15) is 17.2 Å². The highest BCUT2D eigenvalue weighted by Gasteiger charge is 2.33. The summed E-state index contributed by atoms with van der Waals surface area (Å²) in [5.41, 5.74) is 8.47. The molecule has 90 valence electrons. The Hall–Kier alpha value is -1.39. The molecule has 3 rings (SSSR count). The molecule has 17 heavy (non-hydrogen) atoms. The second kappa shape index (κ2) is 4.13. The van der Waals surface area contributed by atoms with Crippen molar-refractivity contribution in [2.24, 2.45) is 5.73 Å². The van der Waals surface area contributed by atoms with Gasteiger partial charge in [0.2, 0.25) is 0 Å². The molecule has 3 nitrogen and oxygen atoms in total. The lowest BCUT2D eigenvalue weighted by molar-refractivity contribution is 0.528. The molecule has 0 bridgehead atoms. The minimum Gasteiger partial charge on any atom is -0.365 e. The maximum Gasteiger partial charge on any atom is 0.130 e. The fourth-order valence-corrected chi connectivity index (χ4v) is 2.72. The van der Waals surface area contributed by atoms with Crippen molar-refractivity contribution in [2.45, 2.75) is 6.04 Å². The quantitative estimate of drug-likeness (QED) is 0.826. The van der Waals surface area contributed by atoms with Crippen molar-refractivity contribution in [2.75, 3.05) is 31.1 Å². The van der Waals surface area contributed by atoms with Gasteiger partial charge < -0.3 is 16.0 Å². The molecule has 4 heteroatoms. The third-order valence-electron chi connectivity index (χ3n) is 3.42. The summed E-state index contributed by atoms with van der Waals surface area (Å²) in [4.78, 5) is 2.22. The van der Waals surface area contributed by atoms with Crippen LogP contribution in [0, 0.1) is 5.82 Å². The molecule has 0 radical (unpaired) electrons. The van der Waals surface area contributed by atoms with Crippen LogP contribution in [0.5, 0.6) is 0 Å². The van der Waals surface area contributed by atoms with E-state index in [1.165, 1.54) is 0 Å². The van der Waals surface area contributed by atoms with Gasteiger partial charge >= 0.3 is 0 Å². The fraction of sp³-hybridized carbons (Fsp3) is 0.385. The molecule has 3 N–H and O–H groups in total. The van der Waals surface area contributed by atoms with E-state index in [1.807, 2.05) is 6.07 Å². The topological polar surface area (TPSA) is 41.3 Å². The van der Waals surface area contributed by atoms with Crippen LogP contribution in [0.4, 0.5) is 10.1 Å². The minimum atomic E-state index is -0.115. The molecule has 1 aromatic rings. The van der Waals surface area contributed by atoms with Gasteiger partial charge in [-0.3, -0.25) is 0 Å². The molecule has 1 aromatic carbocycles. The van der Waals surface area contributed by atoms with Gasteiger partial charge in [-0.1, -0.05) is 12.2 Å². The summed E-state index contributed by atoms with van der Waals surface area (Å²) < 4.78 is 14.0. The van der Waals surface area contributed by atoms with Gasteiger partial charge in [0.1, 0.15) is 5.82 Å². The number of anilines is 1. The Morgan fingerprint density at radius 2 is 2.35 bits per heavy atom. The largest absolute Gasteiger partial charge is 0.365 e. The molecule has 1 atom stereocenters. The number of halogens is 1. The Morgan fingerprint density at radius 1 is 1.47 bits per heavy atom. The highest BCUT2D eigenvalue weighted by Crippen LogP contribution is 2.41. The van der Waals surface area contributed by atoms with Crippen molar-refractivity contribution in [3.05, 3.63) is 35.2 Å². The molecule has 2 aliphatic rings. The van der Waals surface area contributed by atoms with Gasteiger partial charge in [0, 0.05) is 31.7 Å². The zero-order valence-corrected chi connectivity index (χ0v) is 9.62. The van der Waals surface area contributed by atoms with Gasteiger partial charge in [-0.25, -0.2) is 4.39 Å². The van der Waals surface area contributed by atoms with Crippen LogP contribution in [0.2, 0.25) is 0 Å². The molecule has 0 fully saturated rings. The van der Waals surface area contributed by atoms with Crippen LogP contribution < -0.4 is 16.0 Å². The van der Waals surface area contributed by atoms with Crippen molar-refractivity contribution in [3.63, 3.8) is 0 Å². The molecule has 2 aliphatic heterocycles. The van der Waals surface area contributed by atoms with Crippen LogP contribution >= 0.6 is 0 Å². The third-order valence-corrected chi connectivity index (χ3v) is 3.42. The lowest BCUT2D eigenvalue weighted by Crippen LogP contribution is -2.32. The molecule has 0 aliphatic carbocycles. The van der Waals surface area contributed by atoms with Gasteiger partial charge in [-0.2, -0.15) is 0 Å². The SMILES string of the molecule is NCCN[C@H]1CN2CC=Cc3ccc(F)c1c32. The number of hydrogen-bond donors (Lipinski definition) is 2. The van der Waals surface area contributed by atoms with Gasteiger partial charge in [-0.05, 0) is 17.7 Å². The Morgan fingerprint density at radius 3 is 3.18 bits per heavy atom. The Labute approximate surface area is 100 Å². The number of nitrogens with one attached hydrogen (secondary N) is 1. The zero-order valence-electron chi connectivity index (χ0n) is 9.62. The fourth-order valence-electron chi connectivity index (χ4n) is 2.72. The van der Waals surface area contributed by atoms with E-state index in [4.69, 9.17) is 5.73 Å². The van der Waals surface area contributed by atoms with Gasteiger partial charge in [0.15, 0.2) is 0 Å². The van der Waals surface area contributed by atoms with Crippen LogP contribution in [0.15, 0.2) is 18.2 Å².